The molecule has 5 heteroatoms. The molecule has 1 N–H and O–H groups in total. The third-order valence-corrected chi connectivity index (χ3v) is 4.84. The van der Waals surface area contributed by atoms with E-state index in [4.69, 9.17) is 4.74 Å². The van der Waals surface area contributed by atoms with Crippen molar-refractivity contribution in [2.24, 2.45) is 5.92 Å². The zero-order chi connectivity index (χ0) is 14.8. The fourth-order valence-electron chi connectivity index (χ4n) is 3.87. The Balaban J connectivity index is 1.81. The van der Waals surface area contributed by atoms with Gasteiger partial charge in [-0.3, -0.25) is 9.69 Å². The molecule has 2 fully saturated rings. The molecule has 0 amide bonds. The highest BCUT2D eigenvalue weighted by Gasteiger charge is 2.45. The predicted molar refractivity (Wildman–Crippen MR) is 78.1 cm³/mol. The van der Waals surface area contributed by atoms with Crippen LogP contribution in [0, 0.1) is 5.92 Å². The van der Waals surface area contributed by atoms with Crippen LogP contribution in [0.1, 0.15) is 37.8 Å². The number of methoxy groups -OCH3 is 1. The zero-order valence-electron chi connectivity index (χ0n) is 12.4. The molecular formula is C16H22N2O3. The van der Waals surface area contributed by atoms with Crippen molar-refractivity contribution in [1.82, 2.24) is 9.88 Å². The zero-order valence-corrected chi connectivity index (χ0v) is 12.4. The highest BCUT2D eigenvalue weighted by molar-refractivity contribution is 5.74. The Morgan fingerprint density at radius 1 is 1.43 bits per heavy atom. The van der Waals surface area contributed by atoms with Crippen molar-refractivity contribution >= 4 is 5.97 Å². The van der Waals surface area contributed by atoms with Crippen LogP contribution < -0.4 is 4.74 Å². The minimum atomic E-state index is -0.702. The summed E-state index contributed by atoms with van der Waals surface area (Å²) in [6.45, 7) is 0.593. The average molecular weight is 290 g/mol. The van der Waals surface area contributed by atoms with Crippen LogP contribution in [0.2, 0.25) is 0 Å². The molecule has 21 heavy (non-hydrogen) atoms. The van der Waals surface area contributed by atoms with Gasteiger partial charge in [0.2, 0.25) is 5.88 Å². The summed E-state index contributed by atoms with van der Waals surface area (Å²) in [5, 5.41) is 9.52. The Morgan fingerprint density at radius 2 is 2.24 bits per heavy atom. The van der Waals surface area contributed by atoms with Crippen LogP contribution in [0.4, 0.5) is 0 Å². The first kappa shape index (κ1) is 14.3. The Morgan fingerprint density at radius 3 is 3.00 bits per heavy atom. The lowest BCUT2D eigenvalue weighted by Crippen LogP contribution is -2.41. The normalized spacial score (nSPS) is 29.1. The van der Waals surface area contributed by atoms with Gasteiger partial charge in [-0.1, -0.05) is 18.9 Å². The van der Waals surface area contributed by atoms with Crippen LogP contribution in [0.5, 0.6) is 5.88 Å². The van der Waals surface area contributed by atoms with Crippen LogP contribution in [-0.4, -0.2) is 40.2 Å². The molecule has 1 saturated heterocycles. The maximum Gasteiger partial charge on any atom is 0.320 e. The molecule has 1 aliphatic heterocycles. The molecule has 1 aromatic rings. The minimum absolute atomic E-state index is 0.369. The van der Waals surface area contributed by atoms with E-state index in [1.165, 1.54) is 12.8 Å². The van der Waals surface area contributed by atoms with E-state index in [0.717, 1.165) is 25.0 Å². The van der Waals surface area contributed by atoms with Gasteiger partial charge in [-0.05, 0) is 31.2 Å². The number of fused-ring (bicyclic) bond motifs is 1. The predicted octanol–water partition coefficient (Wildman–Crippen LogP) is 2.31. The average Bonchev–Trinajstić information content (AvgIpc) is 2.87. The van der Waals surface area contributed by atoms with Crippen LogP contribution in [0.25, 0.3) is 0 Å². The molecule has 2 heterocycles. The first-order valence-electron chi connectivity index (χ1n) is 7.67. The van der Waals surface area contributed by atoms with Gasteiger partial charge in [0.15, 0.2) is 0 Å². The number of carboxylic acid groups (broad SMARTS) is 1. The highest BCUT2D eigenvalue weighted by Crippen LogP contribution is 2.40. The Labute approximate surface area is 124 Å². The first-order chi connectivity index (χ1) is 10.2. The van der Waals surface area contributed by atoms with Crippen molar-refractivity contribution in [3.63, 3.8) is 0 Å². The first-order valence-corrected chi connectivity index (χ1v) is 7.67. The molecule has 2 aliphatic rings. The van der Waals surface area contributed by atoms with Gasteiger partial charge in [0, 0.05) is 18.7 Å². The second kappa shape index (κ2) is 6.02. The summed E-state index contributed by atoms with van der Waals surface area (Å²) < 4.78 is 5.15. The van der Waals surface area contributed by atoms with Crippen molar-refractivity contribution in [3.05, 3.63) is 23.9 Å². The smallest absolute Gasteiger partial charge is 0.320 e. The maximum absolute atomic E-state index is 11.6. The summed E-state index contributed by atoms with van der Waals surface area (Å²) in [5.74, 6) is 0.413. The summed E-state index contributed by atoms with van der Waals surface area (Å²) in [7, 11) is 1.60. The summed E-state index contributed by atoms with van der Waals surface area (Å²) >= 11 is 0. The highest BCUT2D eigenvalue weighted by atomic mass is 16.5. The number of rotatable bonds is 4. The fourth-order valence-corrected chi connectivity index (χ4v) is 3.87. The number of nitrogens with zero attached hydrogens (tertiary/aromatic N) is 2. The molecule has 0 bridgehead atoms. The maximum atomic E-state index is 11.6. The second-order valence-corrected chi connectivity index (χ2v) is 6.05. The van der Waals surface area contributed by atoms with E-state index in [0.29, 0.717) is 24.4 Å². The topological polar surface area (TPSA) is 62.7 Å². The van der Waals surface area contributed by atoms with E-state index in [2.05, 4.69) is 9.88 Å². The van der Waals surface area contributed by atoms with Gasteiger partial charge in [-0.25, -0.2) is 4.98 Å². The largest absolute Gasteiger partial charge is 0.481 e. The van der Waals surface area contributed by atoms with Gasteiger partial charge >= 0.3 is 5.97 Å². The molecular weight excluding hydrogens is 268 g/mol. The third kappa shape index (κ3) is 2.88. The molecule has 3 rings (SSSR count). The second-order valence-electron chi connectivity index (χ2n) is 6.05. The standard InChI is InChI=1S/C16H22N2O3/c1-21-15-8-4-6-12(17-15)10-18-13-7-3-2-5-11(13)9-14(18)16(19)20/h4,6,8,11,13-14H,2-3,5,7,9-10H2,1H3,(H,19,20). The van der Waals surface area contributed by atoms with Gasteiger partial charge in [0.25, 0.3) is 0 Å². The van der Waals surface area contributed by atoms with Crippen LogP contribution >= 0.6 is 0 Å². The summed E-state index contributed by atoms with van der Waals surface area (Å²) in [4.78, 5) is 18.2. The molecule has 1 aromatic heterocycles. The quantitative estimate of drug-likeness (QED) is 0.922. The minimum Gasteiger partial charge on any atom is -0.481 e. The number of hydrogen-bond donors (Lipinski definition) is 1. The molecule has 1 aliphatic carbocycles. The van der Waals surface area contributed by atoms with Crippen molar-refractivity contribution in [3.8, 4) is 5.88 Å². The number of likely N-dealkylation sites (tertiary alicyclic amines) is 1. The number of aliphatic carboxylic acids is 1. The molecule has 5 nitrogen and oxygen atoms in total. The van der Waals surface area contributed by atoms with Gasteiger partial charge in [0.1, 0.15) is 6.04 Å². The molecule has 1 saturated carbocycles. The van der Waals surface area contributed by atoms with Crippen molar-refractivity contribution in [2.75, 3.05) is 7.11 Å². The van der Waals surface area contributed by atoms with E-state index in [1.54, 1.807) is 7.11 Å². The SMILES string of the molecule is COc1cccc(CN2C(C(=O)O)CC3CCCCC32)n1. The number of hydrogen-bond acceptors (Lipinski definition) is 4. The number of carboxylic acids is 1. The Bertz CT molecular complexity index is 520. The van der Waals surface area contributed by atoms with E-state index in [1.807, 2.05) is 18.2 Å². The van der Waals surface area contributed by atoms with E-state index in [-0.39, 0.29) is 6.04 Å². The van der Waals surface area contributed by atoms with Crippen LogP contribution in [0.15, 0.2) is 18.2 Å². The number of aromatic nitrogens is 1. The van der Waals surface area contributed by atoms with Crippen molar-refractivity contribution in [1.29, 1.82) is 0 Å². The van der Waals surface area contributed by atoms with Gasteiger partial charge in [-0.15, -0.1) is 0 Å². The van der Waals surface area contributed by atoms with Crippen LogP contribution in [0.3, 0.4) is 0 Å². The molecule has 114 valence electrons. The molecule has 0 radical (unpaired) electrons. The van der Waals surface area contributed by atoms with Crippen molar-refractivity contribution in [2.45, 2.75) is 50.7 Å². The lowest BCUT2D eigenvalue weighted by atomic mass is 9.85. The molecule has 3 unspecified atom stereocenters. The van der Waals surface area contributed by atoms with Crippen molar-refractivity contribution < 1.29 is 14.6 Å². The summed E-state index contributed by atoms with van der Waals surface area (Å²) in [6.07, 6.45) is 5.49. The number of pyridine rings is 1. The summed E-state index contributed by atoms with van der Waals surface area (Å²) in [5.41, 5.74) is 0.881. The van der Waals surface area contributed by atoms with E-state index in [9.17, 15) is 9.90 Å². The van der Waals surface area contributed by atoms with Gasteiger partial charge in [-0.2, -0.15) is 0 Å². The van der Waals surface area contributed by atoms with Gasteiger partial charge < -0.3 is 9.84 Å². The third-order valence-electron chi connectivity index (χ3n) is 4.84. The molecule has 0 spiro atoms. The van der Waals surface area contributed by atoms with Crippen LogP contribution in [-0.2, 0) is 11.3 Å². The molecule has 0 aromatic carbocycles. The number of ether oxygens (including phenoxy) is 1. The number of carbonyl (C=O) groups is 1. The lowest BCUT2D eigenvalue weighted by Gasteiger charge is -2.32. The van der Waals surface area contributed by atoms with E-state index >= 15 is 0 Å². The lowest BCUT2D eigenvalue weighted by molar-refractivity contribution is -0.142. The Kier molecular flexibility index (Phi) is 4.10. The van der Waals surface area contributed by atoms with E-state index < -0.39 is 5.97 Å². The monoisotopic (exact) mass is 290 g/mol. The van der Waals surface area contributed by atoms with Gasteiger partial charge in [0.05, 0.1) is 12.8 Å². The molecule has 3 atom stereocenters. The fraction of sp³-hybridized carbons (Fsp3) is 0.625. The Hall–Kier alpha value is -1.62. The summed E-state index contributed by atoms with van der Waals surface area (Å²) in [6, 6.07) is 5.69.